The van der Waals surface area contributed by atoms with Gasteiger partial charge < -0.3 is 0 Å². The first-order valence-corrected chi connectivity index (χ1v) is 7.88. The average molecular weight is 339 g/mol. The van der Waals surface area contributed by atoms with E-state index in [1.165, 1.54) is 12.1 Å². The third kappa shape index (κ3) is 3.45. The summed E-state index contributed by atoms with van der Waals surface area (Å²) in [6, 6.07) is 6.28. The molecular weight excluding hydrogens is 328 g/mol. The molecule has 1 aromatic heterocycles. The molecule has 0 saturated carbocycles. The van der Waals surface area contributed by atoms with Gasteiger partial charge in [-0.3, -0.25) is 0 Å². The highest BCUT2D eigenvalue weighted by Crippen LogP contribution is 2.27. The average Bonchev–Trinajstić information content (AvgIpc) is 2.44. The van der Waals surface area contributed by atoms with Crippen LogP contribution in [0.4, 0.5) is 11.8 Å². The van der Waals surface area contributed by atoms with Crippen molar-refractivity contribution in [2.24, 2.45) is 5.11 Å². The van der Waals surface area contributed by atoms with Gasteiger partial charge in [0.25, 0.3) is 10.0 Å². The fourth-order valence-corrected chi connectivity index (χ4v) is 2.66. The molecule has 0 atom stereocenters. The van der Waals surface area contributed by atoms with Gasteiger partial charge >= 0.3 is 0 Å². The van der Waals surface area contributed by atoms with Gasteiger partial charge in [-0.05, 0) is 36.6 Å². The summed E-state index contributed by atoms with van der Waals surface area (Å²) in [6.07, 6.45) is 0. The lowest BCUT2D eigenvalue weighted by atomic mass is 10.2. The molecular formula is C12H11ClN6O2S. The van der Waals surface area contributed by atoms with Crippen LogP contribution in [0.25, 0.3) is 10.4 Å². The minimum atomic E-state index is -3.84. The maximum atomic E-state index is 12.3. The normalized spacial score (nSPS) is 10.9. The van der Waals surface area contributed by atoms with Crippen molar-refractivity contribution in [1.29, 1.82) is 0 Å². The summed E-state index contributed by atoms with van der Waals surface area (Å²) in [5.74, 6) is -0.358. The summed E-state index contributed by atoms with van der Waals surface area (Å²) in [4.78, 5) is 10.4. The molecule has 0 aliphatic rings. The second-order valence-corrected chi connectivity index (χ2v) is 6.44. The lowest BCUT2D eigenvalue weighted by Gasteiger charge is -2.09. The van der Waals surface area contributed by atoms with Gasteiger partial charge in [0.15, 0.2) is 5.82 Å². The van der Waals surface area contributed by atoms with Gasteiger partial charge in [-0.15, -0.1) is 0 Å². The Balaban J connectivity index is 2.41. The van der Waals surface area contributed by atoms with Gasteiger partial charge in [-0.2, -0.15) is 0 Å². The number of halogens is 1. The maximum absolute atomic E-state index is 12.3. The molecule has 2 aromatic rings. The highest BCUT2D eigenvalue weighted by atomic mass is 35.5. The first kappa shape index (κ1) is 16.0. The molecule has 22 heavy (non-hydrogen) atoms. The molecule has 0 fully saturated rings. The molecule has 2 rings (SSSR count). The van der Waals surface area contributed by atoms with Gasteiger partial charge in [-0.25, -0.2) is 23.1 Å². The van der Waals surface area contributed by atoms with E-state index in [2.05, 4.69) is 24.7 Å². The fourth-order valence-electron chi connectivity index (χ4n) is 1.59. The van der Waals surface area contributed by atoms with Crippen molar-refractivity contribution in [3.8, 4) is 0 Å². The van der Waals surface area contributed by atoms with Crippen LogP contribution in [-0.2, 0) is 10.0 Å². The molecule has 0 aliphatic heterocycles. The van der Waals surface area contributed by atoms with Crippen molar-refractivity contribution in [1.82, 2.24) is 9.97 Å². The summed E-state index contributed by atoms with van der Waals surface area (Å²) < 4.78 is 26.7. The molecule has 0 amide bonds. The zero-order valence-electron chi connectivity index (χ0n) is 11.6. The Labute approximate surface area is 131 Å². The molecule has 1 N–H and O–H groups in total. The highest BCUT2D eigenvalue weighted by Gasteiger charge is 2.17. The number of nitrogens with one attached hydrogen (secondary N) is 1. The second kappa shape index (κ2) is 6.18. The summed E-state index contributed by atoms with van der Waals surface area (Å²) in [7, 11) is -3.84. The molecule has 0 unspecified atom stereocenters. The van der Waals surface area contributed by atoms with Gasteiger partial charge in [0.05, 0.1) is 15.6 Å². The van der Waals surface area contributed by atoms with Crippen molar-refractivity contribution in [2.45, 2.75) is 18.7 Å². The van der Waals surface area contributed by atoms with Gasteiger partial charge in [0, 0.05) is 4.91 Å². The summed E-state index contributed by atoms with van der Waals surface area (Å²) in [5, 5.41) is 3.37. The van der Waals surface area contributed by atoms with Crippen LogP contribution in [0.1, 0.15) is 11.3 Å². The molecule has 0 spiro atoms. The molecule has 1 aromatic carbocycles. The Morgan fingerprint density at radius 3 is 2.45 bits per heavy atom. The lowest BCUT2D eigenvalue weighted by molar-refractivity contribution is 0.601. The predicted octanol–water partition coefficient (Wildman–Crippen LogP) is 3.49. The smallest absolute Gasteiger partial charge is 0.247 e. The summed E-state index contributed by atoms with van der Waals surface area (Å²) >= 11 is 5.88. The number of aryl methyl sites for hydroxylation is 2. The molecule has 0 radical (unpaired) electrons. The van der Waals surface area contributed by atoms with E-state index in [0.29, 0.717) is 5.69 Å². The molecule has 10 heteroatoms. The van der Waals surface area contributed by atoms with Gasteiger partial charge in [0.1, 0.15) is 0 Å². The number of hydrogen-bond acceptors (Lipinski definition) is 5. The number of rotatable bonds is 4. The Bertz CT molecular complexity index is 860. The van der Waals surface area contributed by atoms with Crippen molar-refractivity contribution in [3.05, 3.63) is 51.0 Å². The monoisotopic (exact) mass is 338 g/mol. The van der Waals surface area contributed by atoms with Crippen LogP contribution in [0.3, 0.4) is 0 Å². The zero-order valence-corrected chi connectivity index (χ0v) is 13.2. The summed E-state index contributed by atoms with van der Waals surface area (Å²) in [6.45, 7) is 3.39. The Morgan fingerprint density at radius 1 is 1.23 bits per heavy atom. The second-order valence-electron chi connectivity index (χ2n) is 4.38. The van der Waals surface area contributed by atoms with E-state index in [1.54, 1.807) is 19.1 Å². The maximum Gasteiger partial charge on any atom is 0.264 e. The number of anilines is 1. The molecule has 0 bridgehead atoms. The van der Waals surface area contributed by atoms with Crippen LogP contribution >= 0.6 is 11.6 Å². The first-order chi connectivity index (χ1) is 10.3. The van der Waals surface area contributed by atoms with Crippen LogP contribution in [-0.4, -0.2) is 18.4 Å². The van der Waals surface area contributed by atoms with E-state index in [9.17, 15) is 8.42 Å². The minimum absolute atomic E-state index is 0.0658. The fraction of sp³-hybridized carbons (Fsp3) is 0.167. The third-order valence-corrected chi connectivity index (χ3v) is 4.48. The number of azide groups is 1. The standard InChI is InChI=1S/C12H11ClN6O2S/c1-7-3-5-9(6-4-7)22(20,21)18-12-15-8(2)10(13)11(16-12)17-19-14/h3-6H,1-2H3,(H,15,16,18). The molecule has 0 saturated heterocycles. The zero-order chi connectivity index (χ0) is 16.3. The molecule has 0 aliphatic carbocycles. The first-order valence-electron chi connectivity index (χ1n) is 6.02. The van der Waals surface area contributed by atoms with E-state index >= 15 is 0 Å². The van der Waals surface area contributed by atoms with Crippen LogP contribution in [0.2, 0.25) is 5.02 Å². The number of nitrogens with zero attached hydrogens (tertiary/aromatic N) is 5. The van der Waals surface area contributed by atoms with E-state index in [1.807, 2.05) is 6.92 Å². The van der Waals surface area contributed by atoms with Crippen molar-refractivity contribution in [2.75, 3.05) is 4.72 Å². The SMILES string of the molecule is Cc1ccc(S(=O)(=O)Nc2nc(C)c(Cl)c(N=[N+]=[N-])n2)cc1. The van der Waals surface area contributed by atoms with E-state index in [0.717, 1.165) is 5.56 Å². The van der Waals surface area contributed by atoms with Crippen molar-refractivity contribution < 1.29 is 8.42 Å². The molecule has 8 nitrogen and oxygen atoms in total. The van der Waals surface area contributed by atoms with E-state index < -0.39 is 10.0 Å². The molecule has 1 heterocycles. The van der Waals surface area contributed by atoms with Crippen LogP contribution in [0, 0.1) is 13.8 Å². The lowest BCUT2D eigenvalue weighted by Crippen LogP contribution is -2.15. The van der Waals surface area contributed by atoms with E-state index in [-0.39, 0.29) is 21.7 Å². The Morgan fingerprint density at radius 2 is 1.86 bits per heavy atom. The number of sulfonamides is 1. The topological polar surface area (TPSA) is 121 Å². The Hall–Kier alpha value is -2.35. The van der Waals surface area contributed by atoms with Crippen molar-refractivity contribution >= 4 is 33.4 Å². The number of benzene rings is 1. The highest BCUT2D eigenvalue weighted by molar-refractivity contribution is 7.92. The van der Waals surface area contributed by atoms with Crippen molar-refractivity contribution in [3.63, 3.8) is 0 Å². The predicted molar refractivity (Wildman–Crippen MR) is 82.6 cm³/mol. The Kier molecular flexibility index (Phi) is 4.51. The van der Waals surface area contributed by atoms with Gasteiger partial charge in [0.2, 0.25) is 5.95 Å². The number of aromatic nitrogens is 2. The minimum Gasteiger partial charge on any atom is -0.247 e. The largest absolute Gasteiger partial charge is 0.264 e. The molecule has 114 valence electrons. The van der Waals surface area contributed by atoms with Crippen LogP contribution in [0.15, 0.2) is 34.3 Å². The van der Waals surface area contributed by atoms with Gasteiger partial charge in [-0.1, -0.05) is 29.3 Å². The summed E-state index contributed by atoms with van der Waals surface area (Å²) in [5.41, 5.74) is 9.69. The van der Waals surface area contributed by atoms with E-state index in [4.69, 9.17) is 17.1 Å². The number of hydrogen-bond donors (Lipinski definition) is 1. The van der Waals surface area contributed by atoms with Crippen LogP contribution in [0.5, 0.6) is 0 Å². The van der Waals surface area contributed by atoms with Crippen LogP contribution < -0.4 is 4.72 Å². The quantitative estimate of drug-likeness (QED) is 0.521. The third-order valence-electron chi connectivity index (χ3n) is 2.70.